The first-order valence-corrected chi connectivity index (χ1v) is 9.15. The highest BCUT2D eigenvalue weighted by Crippen LogP contribution is 2.14. The Balaban J connectivity index is 0.00000364. The van der Waals surface area contributed by atoms with Crippen LogP contribution in [0.2, 0.25) is 0 Å². The van der Waals surface area contributed by atoms with E-state index in [-0.39, 0.29) is 42.0 Å². The highest BCUT2D eigenvalue weighted by molar-refractivity contribution is 14.0. The third-order valence-corrected chi connectivity index (χ3v) is 4.32. The number of halogens is 1. The Labute approximate surface area is 178 Å². The minimum atomic E-state index is -0.147. The van der Waals surface area contributed by atoms with Gasteiger partial charge in [0, 0.05) is 31.7 Å². The van der Waals surface area contributed by atoms with Crippen molar-refractivity contribution in [3.63, 3.8) is 0 Å². The Morgan fingerprint density at radius 3 is 2.63 bits per heavy atom. The largest absolute Gasteiger partial charge is 0.467 e. The van der Waals surface area contributed by atoms with Gasteiger partial charge in [0.25, 0.3) is 0 Å². The fourth-order valence-electron chi connectivity index (χ4n) is 2.73. The van der Waals surface area contributed by atoms with Crippen molar-refractivity contribution in [2.45, 2.75) is 32.9 Å². The summed E-state index contributed by atoms with van der Waals surface area (Å²) in [5.41, 5.74) is -0.0263. The van der Waals surface area contributed by atoms with Crippen LogP contribution in [0.5, 0.6) is 0 Å². The molecule has 1 saturated heterocycles. The number of morpholine rings is 1. The van der Waals surface area contributed by atoms with Gasteiger partial charge in [0.1, 0.15) is 12.3 Å². The summed E-state index contributed by atoms with van der Waals surface area (Å²) in [5, 5.41) is 9.31. The molecule has 0 aliphatic carbocycles. The number of carbonyl (C=O) groups excluding carboxylic acids is 1. The second-order valence-electron chi connectivity index (χ2n) is 6.82. The summed E-state index contributed by atoms with van der Waals surface area (Å²) in [6, 6.07) is 3.62. The molecule has 1 aliphatic rings. The first-order chi connectivity index (χ1) is 12.5. The number of guanidine groups is 1. The smallest absolute Gasteiger partial charge is 0.242 e. The number of hydrogen-bond acceptors (Lipinski definition) is 5. The molecule has 0 unspecified atom stereocenters. The molecule has 0 saturated carbocycles. The van der Waals surface area contributed by atoms with Crippen molar-refractivity contribution in [2.75, 3.05) is 45.9 Å². The van der Waals surface area contributed by atoms with Crippen LogP contribution < -0.4 is 16.0 Å². The first kappa shape index (κ1) is 23.7. The van der Waals surface area contributed by atoms with Gasteiger partial charge in [-0.1, -0.05) is 0 Å². The normalized spacial score (nSPS) is 15.7. The first-order valence-electron chi connectivity index (χ1n) is 9.15. The highest BCUT2D eigenvalue weighted by atomic mass is 127. The van der Waals surface area contributed by atoms with Gasteiger partial charge in [-0.15, -0.1) is 24.0 Å². The molecular weight excluding hydrogens is 461 g/mol. The van der Waals surface area contributed by atoms with Crippen LogP contribution in [0.4, 0.5) is 0 Å². The molecule has 1 amide bonds. The Morgan fingerprint density at radius 2 is 2.00 bits per heavy atom. The summed E-state index contributed by atoms with van der Waals surface area (Å²) in [6.07, 6.45) is 1.59. The maximum atomic E-state index is 12.0. The molecule has 3 N–H and O–H groups in total. The third-order valence-electron chi connectivity index (χ3n) is 4.32. The van der Waals surface area contributed by atoms with Crippen molar-refractivity contribution >= 4 is 35.8 Å². The minimum absolute atomic E-state index is 0. The van der Waals surface area contributed by atoms with Gasteiger partial charge in [-0.25, -0.2) is 4.99 Å². The number of amides is 1. The molecule has 2 rings (SSSR count). The minimum Gasteiger partial charge on any atom is -0.467 e. The number of nitrogens with one attached hydrogen (secondary N) is 3. The van der Waals surface area contributed by atoms with Crippen molar-refractivity contribution < 1.29 is 13.9 Å². The van der Waals surface area contributed by atoms with E-state index in [9.17, 15) is 4.79 Å². The van der Waals surface area contributed by atoms with Crippen LogP contribution in [-0.4, -0.2) is 68.2 Å². The SMILES string of the molecule is CCNC(=NCC(=O)NCc1ccco1)NCC(C)(C)N1CCOCC1.I. The number of hydrogen-bond donors (Lipinski definition) is 3. The molecule has 2 heterocycles. The van der Waals surface area contributed by atoms with E-state index in [0.717, 1.165) is 45.2 Å². The molecule has 0 aromatic carbocycles. The Kier molecular flexibility index (Phi) is 10.7. The van der Waals surface area contributed by atoms with E-state index in [0.29, 0.717) is 12.5 Å². The molecule has 0 bridgehead atoms. The molecular formula is C18H32IN5O3. The van der Waals surface area contributed by atoms with Gasteiger partial charge in [-0.2, -0.15) is 0 Å². The van der Waals surface area contributed by atoms with E-state index in [4.69, 9.17) is 9.15 Å². The molecule has 154 valence electrons. The number of aliphatic imine (C=N–C) groups is 1. The Hall–Kier alpha value is -1.33. The number of nitrogens with zero attached hydrogens (tertiary/aromatic N) is 2. The molecule has 0 atom stereocenters. The maximum absolute atomic E-state index is 12.0. The van der Waals surface area contributed by atoms with E-state index in [1.165, 1.54) is 0 Å². The summed E-state index contributed by atoms with van der Waals surface area (Å²) in [6.45, 7) is 11.7. The summed E-state index contributed by atoms with van der Waals surface area (Å²) < 4.78 is 10.6. The van der Waals surface area contributed by atoms with Crippen LogP contribution in [-0.2, 0) is 16.1 Å². The van der Waals surface area contributed by atoms with Crippen LogP contribution >= 0.6 is 24.0 Å². The highest BCUT2D eigenvalue weighted by Gasteiger charge is 2.28. The Morgan fingerprint density at radius 1 is 1.26 bits per heavy atom. The second-order valence-corrected chi connectivity index (χ2v) is 6.82. The van der Waals surface area contributed by atoms with Gasteiger partial charge in [0.05, 0.1) is 26.0 Å². The standard InChI is InChI=1S/C18H31N5O3.HI/c1-4-19-17(21-13-16(24)20-12-15-6-5-9-26-15)22-14-18(2,3)23-7-10-25-11-8-23;/h5-6,9H,4,7-8,10-14H2,1-3H3,(H,20,24)(H2,19,21,22);1H. The second kappa shape index (κ2) is 12.2. The lowest BCUT2D eigenvalue weighted by atomic mass is 10.0. The molecule has 27 heavy (non-hydrogen) atoms. The van der Waals surface area contributed by atoms with E-state index in [1.807, 2.05) is 13.0 Å². The van der Waals surface area contributed by atoms with E-state index < -0.39 is 0 Å². The fourth-order valence-corrected chi connectivity index (χ4v) is 2.73. The van der Waals surface area contributed by atoms with E-state index in [1.54, 1.807) is 12.3 Å². The number of rotatable bonds is 8. The van der Waals surface area contributed by atoms with E-state index in [2.05, 4.69) is 39.7 Å². The molecule has 0 radical (unpaired) electrons. The van der Waals surface area contributed by atoms with E-state index >= 15 is 0 Å². The van der Waals surface area contributed by atoms with Crippen LogP contribution in [0.15, 0.2) is 27.8 Å². The number of carbonyl (C=O) groups is 1. The molecule has 1 aromatic heterocycles. The monoisotopic (exact) mass is 493 g/mol. The lowest BCUT2D eigenvalue weighted by Gasteiger charge is -2.41. The molecule has 9 heteroatoms. The van der Waals surface area contributed by atoms with Crippen molar-refractivity contribution in [1.82, 2.24) is 20.9 Å². The molecule has 1 fully saturated rings. The fraction of sp³-hybridized carbons (Fsp3) is 0.667. The van der Waals surface area contributed by atoms with Crippen LogP contribution in [0.3, 0.4) is 0 Å². The predicted molar refractivity (Wildman–Crippen MR) is 116 cm³/mol. The Bertz CT molecular complexity index is 572. The quantitative estimate of drug-likeness (QED) is 0.286. The van der Waals surface area contributed by atoms with Crippen molar-refractivity contribution in [3.05, 3.63) is 24.2 Å². The molecule has 1 aliphatic heterocycles. The van der Waals surface area contributed by atoms with Crippen molar-refractivity contribution in [2.24, 2.45) is 4.99 Å². The van der Waals surface area contributed by atoms with Crippen LogP contribution in [0.1, 0.15) is 26.5 Å². The number of furan rings is 1. The summed E-state index contributed by atoms with van der Waals surface area (Å²) in [4.78, 5) is 18.7. The summed E-state index contributed by atoms with van der Waals surface area (Å²) in [5.74, 6) is 1.22. The zero-order valence-electron chi connectivity index (χ0n) is 16.4. The van der Waals surface area contributed by atoms with Crippen LogP contribution in [0, 0.1) is 0 Å². The van der Waals surface area contributed by atoms with Gasteiger partial charge in [0.2, 0.25) is 5.91 Å². The topological polar surface area (TPSA) is 91.1 Å². The van der Waals surface area contributed by atoms with Gasteiger partial charge < -0.3 is 25.1 Å². The molecule has 0 spiro atoms. The lowest BCUT2D eigenvalue weighted by molar-refractivity contribution is -0.119. The summed E-state index contributed by atoms with van der Waals surface area (Å²) >= 11 is 0. The van der Waals surface area contributed by atoms with Gasteiger partial charge >= 0.3 is 0 Å². The van der Waals surface area contributed by atoms with Gasteiger partial charge in [-0.05, 0) is 32.9 Å². The average Bonchev–Trinajstić information content (AvgIpc) is 3.16. The van der Waals surface area contributed by atoms with Gasteiger partial charge in [-0.3, -0.25) is 9.69 Å². The maximum Gasteiger partial charge on any atom is 0.242 e. The average molecular weight is 493 g/mol. The van der Waals surface area contributed by atoms with Crippen molar-refractivity contribution in [1.29, 1.82) is 0 Å². The predicted octanol–water partition coefficient (Wildman–Crippen LogP) is 1.18. The third kappa shape index (κ3) is 8.48. The zero-order valence-corrected chi connectivity index (χ0v) is 18.7. The van der Waals surface area contributed by atoms with Crippen LogP contribution in [0.25, 0.3) is 0 Å². The van der Waals surface area contributed by atoms with Crippen molar-refractivity contribution in [3.8, 4) is 0 Å². The number of ether oxygens (including phenoxy) is 1. The van der Waals surface area contributed by atoms with Gasteiger partial charge in [0.15, 0.2) is 5.96 Å². The zero-order chi connectivity index (χ0) is 18.8. The molecule has 8 nitrogen and oxygen atoms in total. The molecule has 1 aromatic rings. The lowest BCUT2D eigenvalue weighted by Crippen LogP contribution is -2.56. The summed E-state index contributed by atoms with van der Waals surface area (Å²) in [7, 11) is 0.